The van der Waals surface area contributed by atoms with Gasteiger partial charge in [-0.25, -0.2) is 21.8 Å². The maximum absolute atomic E-state index is 12.8. The van der Waals surface area contributed by atoms with Crippen LogP contribution in [-0.4, -0.2) is 47.8 Å². The highest BCUT2D eigenvalue weighted by atomic mass is 32.2. The Morgan fingerprint density at radius 3 is 2.22 bits per heavy atom. The van der Waals surface area contributed by atoms with Crippen LogP contribution < -0.4 is 4.72 Å². The molecule has 3 heterocycles. The molecule has 0 saturated carbocycles. The molecule has 0 aliphatic rings. The summed E-state index contributed by atoms with van der Waals surface area (Å²) in [6.45, 7) is 0. The van der Waals surface area contributed by atoms with Crippen molar-refractivity contribution in [2.75, 3.05) is 11.0 Å². The monoisotopic (exact) mass is 520 g/mol. The highest BCUT2D eigenvalue weighted by Crippen LogP contribution is 2.27. The smallest absolute Gasteiger partial charge is 0.261 e. The van der Waals surface area contributed by atoms with E-state index in [4.69, 9.17) is 4.98 Å². The van der Waals surface area contributed by atoms with Gasteiger partial charge in [-0.15, -0.1) is 0 Å². The number of hydrogen-bond acceptors (Lipinski definition) is 8. The number of aromatic nitrogens is 5. The van der Waals surface area contributed by atoms with Gasteiger partial charge in [-0.2, -0.15) is 5.10 Å². The standard InChI is InChI=1S/C24H20N6O4S2/c1-30-15-18(12-27-30)24-14-26-22-8-3-16(10-23(22)28-24)17-9-19(13-25-11-17)29-36(33,34)21-6-4-20(5-7-21)35(2,31)32/h3-15,29H,1-2H3. The first-order valence-electron chi connectivity index (χ1n) is 10.6. The molecule has 3 aromatic heterocycles. The molecule has 0 fully saturated rings. The molecule has 0 bridgehead atoms. The number of sulfonamides is 1. The van der Waals surface area contributed by atoms with Crippen LogP contribution in [0.4, 0.5) is 5.69 Å². The Bertz CT molecular complexity index is 1820. The number of aryl methyl sites for hydroxylation is 1. The molecule has 36 heavy (non-hydrogen) atoms. The Morgan fingerprint density at radius 2 is 1.53 bits per heavy atom. The van der Waals surface area contributed by atoms with Crippen LogP contribution in [0.3, 0.4) is 0 Å². The van der Waals surface area contributed by atoms with Gasteiger partial charge >= 0.3 is 0 Å². The number of benzene rings is 2. The van der Waals surface area contributed by atoms with Crippen LogP contribution in [0.2, 0.25) is 0 Å². The number of hydrogen-bond donors (Lipinski definition) is 1. The molecule has 182 valence electrons. The normalized spacial score (nSPS) is 12.1. The van der Waals surface area contributed by atoms with E-state index in [0.717, 1.165) is 17.4 Å². The summed E-state index contributed by atoms with van der Waals surface area (Å²) in [4.78, 5) is 13.3. The number of nitrogens with zero attached hydrogens (tertiary/aromatic N) is 5. The van der Waals surface area contributed by atoms with Crippen LogP contribution in [0.1, 0.15) is 0 Å². The van der Waals surface area contributed by atoms with Gasteiger partial charge < -0.3 is 0 Å². The fourth-order valence-corrected chi connectivity index (χ4v) is 5.28. The van der Waals surface area contributed by atoms with E-state index in [9.17, 15) is 16.8 Å². The van der Waals surface area contributed by atoms with Crippen molar-refractivity contribution < 1.29 is 16.8 Å². The quantitative estimate of drug-likeness (QED) is 0.360. The molecule has 0 spiro atoms. The van der Waals surface area contributed by atoms with Gasteiger partial charge in [0, 0.05) is 36.8 Å². The van der Waals surface area contributed by atoms with Gasteiger partial charge in [-0.3, -0.25) is 19.4 Å². The topological polar surface area (TPSA) is 137 Å². The predicted octanol–water partition coefficient (Wildman–Crippen LogP) is 3.30. The molecule has 0 aliphatic heterocycles. The van der Waals surface area contributed by atoms with Crippen molar-refractivity contribution in [1.82, 2.24) is 24.7 Å². The van der Waals surface area contributed by atoms with E-state index in [-0.39, 0.29) is 15.5 Å². The third-order valence-corrected chi connectivity index (χ3v) is 7.95. The third-order valence-electron chi connectivity index (χ3n) is 5.43. The number of sulfone groups is 1. The maximum atomic E-state index is 12.8. The fourth-order valence-electron chi connectivity index (χ4n) is 3.62. The molecule has 10 nitrogen and oxygen atoms in total. The fraction of sp³-hybridized carbons (Fsp3) is 0.0833. The lowest BCUT2D eigenvalue weighted by molar-refractivity contribution is 0.597. The molecule has 0 amide bonds. The second-order valence-corrected chi connectivity index (χ2v) is 11.9. The summed E-state index contributed by atoms with van der Waals surface area (Å²) in [5.41, 5.74) is 4.65. The Balaban J connectivity index is 1.44. The van der Waals surface area contributed by atoms with Crippen LogP contribution in [0, 0.1) is 0 Å². The van der Waals surface area contributed by atoms with Crippen LogP contribution >= 0.6 is 0 Å². The van der Waals surface area contributed by atoms with Gasteiger partial charge in [0.1, 0.15) is 0 Å². The van der Waals surface area contributed by atoms with E-state index in [1.165, 1.54) is 30.5 Å². The number of nitrogens with one attached hydrogen (secondary N) is 1. The average Bonchev–Trinajstić information content (AvgIpc) is 3.29. The van der Waals surface area contributed by atoms with Gasteiger partial charge in [0.2, 0.25) is 0 Å². The zero-order chi connectivity index (χ0) is 25.5. The summed E-state index contributed by atoms with van der Waals surface area (Å²) in [5.74, 6) is 0. The van der Waals surface area contributed by atoms with Crippen LogP contribution in [0.15, 0.2) is 89.3 Å². The van der Waals surface area contributed by atoms with Crippen LogP contribution in [0.25, 0.3) is 33.4 Å². The van der Waals surface area contributed by atoms with Crippen molar-refractivity contribution in [1.29, 1.82) is 0 Å². The Hall–Kier alpha value is -4.16. The summed E-state index contributed by atoms with van der Waals surface area (Å²) in [7, 11) is -5.56. The van der Waals surface area contributed by atoms with Gasteiger partial charge in [0.05, 0.1) is 50.8 Å². The first-order valence-corrected chi connectivity index (χ1v) is 14.0. The minimum atomic E-state index is -3.96. The van der Waals surface area contributed by atoms with Crippen molar-refractivity contribution in [3.05, 3.63) is 79.5 Å². The van der Waals surface area contributed by atoms with Gasteiger partial charge in [-0.05, 0) is 48.0 Å². The zero-order valence-corrected chi connectivity index (χ0v) is 20.8. The minimum Gasteiger partial charge on any atom is -0.278 e. The highest BCUT2D eigenvalue weighted by Gasteiger charge is 2.17. The predicted molar refractivity (Wildman–Crippen MR) is 135 cm³/mol. The molecule has 0 saturated heterocycles. The van der Waals surface area contributed by atoms with E-state index < -0.39 is 19.9 Å². The molecule has 12 heteroatoms. The molecular formula is C24H20N6O4S2. The van der Waals surface area contributed by atoms with Crippen molar-refractivity contribution in [3.8, 4) is 22.4 Å². The van der Waals surface area contributed by atoms with Crippen molar-refractivity contribution >= 4 is 36.6 Å². The average molecular weight is 521 g/mol. The molecule has 5 aromatic rings. The van der Waals surface area contributed by atoms with E-state index in [2.05, 4.69) is 19.8 Å². The zero-order valence-electron chi connectivity index (χ0n) is 19.2. The first-order chi connectivity index (χ1) is 17.1. The molecule has 2 aromatic carbocycles. The Morgan fingerprint density at radius 1 is 0.778 bits per heavy atom. The summed E-state index contributed by atoms with van der Waals surface area (Å²) in [6, 6.07) is 12.2. The molecule has 5 rings (SSSR count). The lowest BCUT2D eigenvalue weighted by Gasteiger charge is -2.10. The van der Waals surface area contributed by atoms with E-state index in [0.29, 0.717) is 22.3 Å². The SMILES string of the molecule is Cn1cc(-c2cnc3ccc(-c4cncc(NS(=O)(=O)c5ccc(S(C)(=O)=O)cc5)c4)cc3n2)cn1. The number of anilines is 1. The maximum Gasteiger partial charge on any atom is 0.261 e. The highest BCUT2D eigenvalue weighted by molar-refractivity contribution is 7.92. The number of rotatable bonds is 6. The summed E-state index contributed by atoms with van der Waals surface area (Å²) in [6.07, 6.45) is 9.34. The van der Waals surface area contributed by atoms with Gasteiger partial charge in [-0.1, -0.05) is 6.07 Å². The lowest BCUT2D eigenvalue weighted by atomic mass is 10.1. The number of pyridine rings is 1. The van der Waals surface area contributed by atoms with E-state index >= 15 is 0 Å². The Labute approximate surface area is 207 Å². The second-order valence-electron chi connectivity index (χ2n) is 8.17. The third kappa shape index (κ3) is 4.81. The first kappa shape index (κ1) is 23.6. The number of fused-ring (bicyclic) bond motifs is 1. The molecule has 0 radical (unpaired) electrons. The van der Waals surface area contributed by atoms with E-state index in [1.807, 2.05) is 31.4 Å². The van der Waals surface area contributed by atoms with Crippen molar-refractivity contribution in [2.45, 2.75) is 9.79 Å². The molecule has 0 atom stereocenters. The van der Waals surface area contributed by atoms with Crippen LogP contribution in [0.5, 0.6) is 0 Å². The van der Waals surface area contributed by atoms with Crippen LogP contribution in [-0.2, 0) is 26.9 Å². The summed E-state index contributed by atoms with van der Waals surface area (Å²) < 4.78 is 53.2. The van der Waals surface area contributed by atoms with Gasteiger partial charge in [0.15, 0.2) is 9.84 Å². The van der Waals surface area contributed by atoms with E-state index in [1.54, 1.807) is 29.3 Å². The molecular weight excluding hydrogens is 500 g/mol. The van der Waals surface area contributed by atoms with Crippen molar-refractivity contribution in [3.63, 3.8) is 0 Å². The second kappa shape index (κ2) is 8.81. The summed E-state index contributed by atoms with van der Waals surface area (Å²) >= 11 is 0. The molecule has 0 aliphatic carbocycles. The lowest BCUT2D eigenvalue weighted by Crippen LogP contribution is -2.13. The largest absolute Gasteiger partial charge is 0.278 e. The minimum absolute atomic E-state index is 0.0382. The summed E-state index contributed by atoms with van der Waals surface area (Å²) in [5, 5.41) is 4.17. The van der Waals surface area contributed by atoms with Crippen molar-refractivity contribution in [2.24, 2.45) is 7.05 Å². The van der Waals surface area contributed by atoms with Gasteiger partial charge in [0.25, 0.3) is 10.0 Å². The Kier molecular flexibility index (Phi) is 5.77. The molecule has 1 N–H and O–H groups in total. The molecule has 0 unspecified atom stereocenters.